The molecule has 0 saturated heterocycles. The number of aliphatic hydroxyl groups is 1. The van der Waals surface area contributed by atoms with Gasteiger partial charge in [0.1, 0.15) is 5.69 Å². The van der Waals surface area contributed by atoms with Crippen LogP contribution < -0.4 is 0 Å². The van der Waals surface area contributed by atoms with E-state index in [1.165, 1.54) is 18.3 Å². The summed E-state index contributed by atoms with van der Waals surface area (Å²) < 4.78 is 0. The number of amides is 1. The second-order valence-electron chi connectivity index (χ2n) is 4.90. The Morgan fingerprint density at radius 1 is 1.35 bits per heavy atom. The molecule has 20 heavy (non-hydrogen) atoms. The number of carbonyl (C=O) groups is 2. The fraction of sp³-hybridized carbons (Fsp3) is 0.500. The number of carboxylic acids is 1. The van der Waals surface area contributed by atoms with Crippen molar-refractivity contribution in [3.8, 4) is 0 Å². The van der Waals surface area contributed by atoms with Crippen molar-refractivity contribution < 1.29 is 19.8 Å². The van der Waals surface area contributed by atoms with Gasteiger partial charge >= 0.3 is 5.97 Å². The number of aromatic nitrogens is 1. The third kappa shape index (κ3) is 3.14. The van der Waals surface area contributed by atoms with Gasteiger partial charge in [-0.25, -0.2) is 9.78 Å². The first kappa shape index (κ1) is 14.5. The van der Waals surface area contributed by atoms with Crippen LogP contribution in [-0.2, 0) is 0 Å². The minimum atomic E-state index is -1.11. The van der Waals surface area contributed by atoms with Crippen LogP contribution in [0.3, 0.4) is 0 Å². The van der Waals surface area contributed by atoms with Gasteiger partial charge in [0.05, 0.1) is 5.56 Å². The molecule has 1 aliphatic carbocycles. The van der Waals surface area contributed by atoms with E-state index in [1.54, 1.807) is 4.90 Å². The van der Waals surface area contributed by atoms with Gasteiger partial charge in [-0.05, 0) is 37.8 Å². The second kappa shape index (κ2) is 6.47. The van der Waals surface area contributed by atoms with Crippen molar-refractivity contribution >= 4 is 11.9 Å². The highest BCUT2D eigenvalue weighted by atomic mass is 16.4. The average molecular weight is 278 g/mol. The molecule has 1 aromatic rings. The molecule has 0 aromatic carbocycles. The number of aliphatic hydroxyl groups excluding tert-OH is 1. The molecule has 1 amide bonds. The summed E-state index contributed by atoms with van der Waals surface area (Å²) in [5.74, 6) is -1.26. The van der Waals surface area contributed by atoms with Crippen LogP contribution >= 0.6 is 0 Å². The summed E-state index contributed by atoms with van der Waals surface area (Å²) >= 11 is 0. The number of pyridine rings is 1. The Morgan fingerprint density at radius 2 is 2.10 bits per heavy atom. The van der Waals surface area contributed by atoms with Crippen LogP contribution in [-0.4, -0.2) is 51.2 Å². The summed E-state index contributed by atoms with van der Waals surface area (Å²) in [5, 5.41) is 17.7. The highest BCUT2D eigenvalue weighted by Gasteiger charge is 2.29. The molecule has 2 N–H and O–H groups in total. The van der Waals surface area contributed by atoms with Gasteiger partial charge in [-0.15, -0.1) is 0 Å². The molecule has 0 atom stereocenters. The number of nitrogens with zero attached hydrogens (tertiary/aromatic N) is 2. The van der Waals surface area contributed by atoms with E-state index in [2.05, 4.69) is 4.98 Å². The van der Waals surface area contributed by atoms with Gasteiger partial charge in [0, 0.05) is 25.4 Å². The highest BCUT2D eigenvalue weighted by molar-refractivity contribution is 5.95. The lowest BCUT2D eigenvalue weighted by atomic mass is 9.91. The molecule has 0 unspecified atom stereocenters. The maximum Gasteiger partial charge on any atom is 0.354 e. The lowest BCUT2D eigenvalue weighted by Crippen LogP contribution is -2.45. The van der Waals surface area contributed by atoms with Crippen LogP contribution in [0.4, 0.5) is 0 Å². The Hall–Kier alpha value is -1.95. The zero-order valence-corrected chi connectivity index (χ0v) is 11.2. The van der Waals surface area contributed by atoms with Crippen LogP contribution in [0.15, 0.2) is 18.3 Å². The number of hydrogen-bond donors (Lipinski definition) is 2. The molecule has 6 heteroatoms. The summed E-state index contributed by atoms with van der Waals surface area (Å²) in [6, 6.07) is 3.05. The van der Waals surface area contributed by atoms with E-state index in [4.69, 9.17) is 10.2 Å². The first-order valence-electron chi connectivity index (χ1n) is 6.74. The summed E-state index contributed by atoms with van der Waals surface area (Å²) in [7, 11) is 0. The molecule has 6 nitrogen and oxygen atoms in total. The summed E-state index contributed by atoms with van der Waals surface area (Å²) in [4.78, 5) is 28.7. The Balaban J connectivity index is 2.11. The summed E-state index contributed by atoms with van der Waals surface area (Å²) in [6.45, 7) is 0.563. The molecule has 0 aliphatic heterocycles. The van der Waals surface area contributed by atoms with Gasteiger partial charge in [-0.2, -0.15) is 0 Å². The molecule has 0 spiro atoms. The van der Waals surface area contributed by atoms with E-state index in [-0.39, 0.29) is 24.2 Å². The van der Waals surface area contributed by atoms with Crippen molar-refractivity contribution in [1.82, 2.24) is 9.88 Å². The summed E-state index contributed by atoms with van der Waals surface area (Å²) in [6.07, 6.45) is 4.93. The Morgan fingerprint density at radius 3 is 2.55 bits per heavy atom. The molecule has 2 rings (SSSR count). The van der Waals surface area contributed by atoms with Gasteiger partial charge in [0.25, 0.3) is 5.91 Å². The lowest BCUT2D eigenvalue weighted by Gasteiger charge is -2.37. The number of aromatic carboxylic acids is 1. The van der Waals surface area contributed by atoms with Crippen molar-refractivity contribution in [3.05, 3.63) is 29.6 Å². The largest absolute Gasteiger partial charge is 0.477 e. The molecule has 1 aromatic heterocycles. The van der Waals surface area contributed by atoms with E-state index in [9.17, 15) is 9.59 Å². The first-order chi connectivity index (χ1) is 9.63. The van der Waals surface area contributed by atoms with Crippen molar-refractivity contribution in [2.45, 2.75) is 31.7 Å². The van der Waals surface area contributed by atoms with Crippen LogP contribution in [0.25, 0.3) is 0 Å². The molecule has 0 bridgehead atoms. The number of carboxylic acid groups (broad SMARTS) is 1. The topological polar surface area (TPSA) is 90.7 Å². The standard InChI is InChI=1S/C14H18N2O4/c17-8-2-7-16(11-3-1-4-11)13(18)10-5-6-12(14(19)20)15-9-10/h5-6,9,11,17H,1-4,7-8H2,(H,19,20). The van der Waals surface area contributed by atoms with Gasteiger partial charge in [-0.1, -0.05) is 0 Å². The monoisotopic (exact) mass is 278 g/mol. The molecule has 0 radical (unpaired) electrons. The van der Waals surface area contributed by atoms with E-state index < -0.39 is 5.97 Å². The van der Waals surface area contributed by atoms with Crippen molar-refractivity contribution in [1.29, 1.82) is 0 Å². The average Bonchev–Trinajstić information content (AvgIpc) is 2.40. The third-order valence-corrected chi connectivity index (χ3v) is 3.56. The molecule has 1 heterocycles. The van der Waals surface area contributed by atoms with E-state index in [1.807, 2.05) is 0 Å². The fourth-order valence-corrected chi connectivity index (χ4v) is 2.20. The molecule has 1 fully saturated rings. The van der Waals surface area contributed by atoms with Crippen LogP contribution in [0.1, 0.15) is 46.5 Å². The van der Waals surface area contributed by atoms with E-state index in [0.29, 0.717) is 18.5 Å². The molecule has 1 aliphatic rings. The molecule has 1 saturated carbocycles. The maximum absolute atomic E-state index is 12.4. The lowest BCUT2D eigenvalue weighted by molar-refractivity contribution is 0.0560. The van der Waals surface area contributed by atoms with Crippen LogP contribution in [0.5, 0.6) is 0 Å². The SMILES string of the molecule is O=C(O)c1ccc(C(=O)N(CCCO)C2CCC2)cn1. The zero-order chi connectivity index (χ0) is 14.5. The Bertz CT molecular complexity index is 482. The van der Waals surface area contributed by atoms with Crippen LogP contribution in [0.2, 0.25) is 0 Å². The molecular weight excluding hydrogens is 260 g/mol. The maximum atomic E-state index is 12.4. The number of rotatable bonds is 6. The predicted molar refractivity (Wildman–Crippen MR) is 71.6 cm³/mol. The Kier molecular flexibility index (Phi) is 4.68. The van der Waals surface area contributed by atoms with Gasteiger partial charge in [0.2, 0.25) is 0 Å². The van der Waals surface area contributed by atoms with Gasteiger partial charge < -0.3 is 15.1 Å². The van der Waals surface area contributed by atoms with E-state index in [0.717, 1.165) is 19.3 Å². The highest BCUT2D eigenvalue weighted by Crippen LogP contribution is 2.26. The molecular formula is C14H18N2O4. The summed E-state index contributed by atoms with van der Waals surface area (Å²) in [5.41, 5.74) is 0.312. The van der Waals surface area contributed by atoms with Gasteiger partial charge in [-0.3, -0.25) is 4.79 Å². The van der Waals surface area contributed by atoms with E-state index >= 15 is 0 Å². The zero-order valence-electron chi connectivity index (χ0n) is 11.2. The third-order valence-electron chi connectivity index (χ3n) is 3.56. The minimum absolute atomic E-state index is 0.0483. The first-order valence-corrected chi connectivity index (χ1v) is 6.74. The molecule has 108 valence electrons. The number of hydrogen-bond acceptors (Lipinski definition) is 4. The Labute approximate surface area is 117 Å². The van der Waals surface area contributed by atoms with Crippen LogP contribution in [0, 0.1) is 0 Å². The second-order valence-corrected chi connectivity index (χ2v) is 4.90. The smallest absolute Gasteiger partial charge is 0.354 e. The predicted octanol–water partition coefficient (Wildman–Crippen LogP) is 1.16. The quantitative estimate of drug-likeness (QED) is 0.814. The number of carbonyl (C=O) groups excluding carboxylic acids is 1. The van der Waals surface area contributed by atoms with Crippen molar-refractivity contribution in [2.24, 2.45) is 0 Å². The van der Waals surface area contributed by atoms with Crippen molar-refractivity contribution in [2.75, 3.05) is 13.2 Å². The minimum Gasteiger partial charge on any atom is -0.477 e. The van der Waals surface area contributed by atoms with Crippen molar-refractivity contribution in [3.63, 3.8) is 0 Å². The normalized spacial score (nSPS) is 14.7. The fourth-order valence-electron chi connectivity index (χ4n) is 2.20. The van der Waals surface area contributed by atoms with Gasteiger partial charge in [0.15, 0.2) is 0 Å².